The molecular formula is C17H18Cl3N. The smallest absolute Gasteiger partial charge is 0.0595 e. The van der Waals surface area contributed by atoms with Crippen LogP contribution in [0.1, 0.15) is 43.5 Å². The summed E-state index contributed by atoms with van der Waals surface area (Å²) in [5.74, 6) is 0. The maximum Gasteiger partial charge on any atom is 0.0595 e. The van der Waals surface area contributed by atoms with Crippen molar-refractivity contribution in [3.05, 3.63) is 68.7 Å². The predicted octanol–water partition coefficient (Wildman–Crippen LogP) is 6.45. The molecular weight excluding hydrogens is 325 g/mol. The van der Waals surface area contributed by atoms with Crippen LogP contribution >= 0.6 is 34.8 Å². The fraction of sp³-hybridized carbons (Fsp3) is 0.294. The Morgan fingerprint density at radius 3 is 2.10 bits per heavy atom. The Bertz CT molecular complexity index is 595. The van der Waals surface area contributed by atoms with E-state index in [1.165, 1.54) is 5.56 Å². The molecule has 0 bridgehead atoms. The summed E-state index contributed by atoms with van der Waals surface area (Å²) in [6, 6.07) is 14.2. The number of halogens is 3. The van der Waals surface area contributed by atoms with Gasteiger partial charge in [0.05, 0.1) is 10.0 Å². The van der Waals surface area contributed by atoms with E-state index in [4.69, 9.17) is 34.8 Å². The second-order valence-corrected chi connectivity index (χ2v) is 6.33. The van der Waals surface area contributed by atoms with Crippen molar-refractivity contribution in [1.82, 2.24) is 5.32 Å². The monoisotopic (exact) mass is 341 g/mol. The van der Waals surface area contributed by atoms with Crippen molar-refractivity contribution >= 4 is 34.8 Å². The molecule has 1 N–H and O–H groups in total. The highest BCUT2D eigenvalue weighted by Crippen LogP contribution is 2.28. The molecule has 2 aromatic rings. The Labute approximate surface area is 141 Å². The van der Waals surface area contributed by atoms with Crippen LogP contribution in [0.25, 0.3) is 0 Å². The summed E-state index contributed by atoms with van der Waals surface area (Å²) in [5.41, 5.74) is 2.35. The Morgan fingerprint density at radius 1 is 0.905 bits per heavy atom. The minimum atomic E-state index is 0.224. The Morgan fingerprint density at radius 2 is 1.52 bits per heavy atom. The molecule has 112 valence electrons. The Kier molecular flexibility index (Phi) is 5.95. The third-order valence-corrected chi connectivity index (χ3v) is 4.57. The third kappa shape index (κ3) is 4.37. The van der Waals surface area contributed by atoms with Crippen molar-refractivity contribution in [2.24, 2.45) is 0 Å². The van der Waals surface area contributed by atoms with E-state index in [0.717, 1.165) is 17.0 Å². The van der Waals surface area contributed by atoms with Crippen molar-refractivity contribution in [1.29, 1.82) is 0 Å². The summed E-state index contributed by atoms with van der Waals surface area (Å²) in [7, 11) is 0. The standard InChI is InChI=1S/C17H18Cl3N/c1-3-17(13-6-9-15(19)16(20)10-13)21-11(2)12-4-7-14(18)8-5-12/h4-11,17,21H,3H2,1-2H3. The van der Waals surface area contributed by atoms with Crippen LogP contribution in [0.2, 0.25) is 15.1 Å². The minimum Gasteiger partial charge on any atom is -0.303 e. The van der Waals surface area contributed by atoms with Gasteiger partial charge < -0.3 is 5.32 Å². The molecule has 0 radical (unpaired) electrons. The second-order valence-electron chi connectivity index (χ2n) is 5.07. The fourth-order valence-electron chi connectivity index (χ4n) is 2.33. The number of rotatable bonds is 5. The molecule has 0 aromatic heterocycles. The second kappa shape index (κ2) is 7.51. The van der Waals surface area contributed by atoms with Crippen molar-refractivity contribution in [3.63, 3.8) is 0 Å². The third-order valence-electron chi connectivity index (χ3n) is 3.58. The van der Waals surface area contributed by atoms with Gasteiger partial charge in [-0.05, 0) is 48.7 Å². The quantitative estimate of drug-likeness (QED) is 0.658. The zero-order valence-corrected chi connectivity index (χ0v) is 14.3. The predicted molar refractivity (Wildman–Crippen MR) is 92.5 cm³/mol. The van der Waals surface area contributed by atoms with Gasteiger partial charge in [-0.1, -0.05) is 59.9 Å². The molecule has 0 heterocycles. The molecule has 21 heavy (non-hydrogen) atoms. The van der Waals surface area contributed by atoms with Crippen molar-refractivity contribution in [2.45, 2.75) is 32.4 Å². The van der Waals surface area contributed by atoms with Crippen LogP contribution in [0.15, 0.2) is 42.5 Å². The van der Waals surface area contributed by atoms with Gasteiger partial charge in [0.1, 0.15) is 0 Å². The van der Waals surface area contributed by atoms with E-state index in [1.807, 2.05) is 42.5 Å². The summed E-state index contributed by atoms with van der Waals surface area (Å²) >= 11 is 18.0. The molecule has 2 atom stereocenters. The lowest BCUT2D eigenvalue weighted by Crippen LogP contribution is -2.24. The first-order valence-electron chi connectivity index (χ1n) is 6.97. The molecule has 2 unspecified atom stereocenters. The van der Waals surface area contributed by atoms with Crippen LogP contribution in [-0.2, 0) is 0 Å². The summed E-state index contributed by atoms with van der Waals surface area (Å²) in [5, 5.41) is 5.55. The van der Waals surface area contributed by atoms with E-state index in [-0.39, 0.29) is 12.1 Å². The largest absolute Gasteiger partial charge is 0.303 e. The van der Waals surface area contributed by atoms with Crippen LogP contribution in [0.3, 0.4) is 0 Å². The van der Waals surface area contributed by atoms with E-state index >= 15 is 0 Å². The molecule has 0 aliphatic rings. The molecule has 0 spiro atoms. The van der Waals surface area contributed by atoms with Gasteiger partial charge in [-0.15, -0.1) is 0 Å². The lowest BCUT2D eigenvalue weighted by atomic mass is 10.0. The lowest BCUT2D eigenvalue weighted by molar-refractivity contribution is 0.456. The Balaban J connectivity index is 2.14. The molecule has 0 saturated carbocycles. The van der Waals surface area contributed by atoms with Crippen molar-refractivity contribution in [2.75, 3.05) is 0 Å². The molecule has 0 saturated heterocycles. The normalized spacial score (nSPS) is 14.0. The van der Waals surface area contributed by atoms with Crippen LogP contribution in [0, 0.1) is 0 Å². The van der Waals surface area contributed by atoms with Gasteiger partial charge in [-0.3, -0.25) is 0 Å². The zero-order chi connectivity index (χ0) is 15.4. The van der Waals surface area contributed by atoms with Crippen LogP contribution < -0.4 is 5.32 Å². The molecule has 0 fully saturated rings. The fourth-order valence-corrected chi connectivity index (χ4v) is 2.76. The van der Waals surface area contributed by atoms with Gasteiger partial charge in [0.15, 0.2) is 0 Å². The van der Waals surface area contributed by atoms with E-state index in [1.54, 1.807) is 0 Å². The summed E-state index contributed by atoms with van der Waals surface area (Å²) in [4.78, 5) is 0. The zero-order valence-electron chi connectivity index (χ0n) is 12.0. The van der Waals surface area contributed by atoms with Crippen LogP contribution in [0.4, 0.5) is 0 Å². The lowest BCUT2D eigenvalue weighted by Gasteiger charge is -2.23. The van der Waals surface area contributed by atoms with Gasteiger partial charge >= 0.3 is 0 Å². The van der Waals surface area contributed by atoms with Gasteiger partial charge in [0.2, 0.25) is 0 Å². The number of hydrogen-bond donors (Lipinski definition) is 1. The maximum atomic E-state index is 6.11. The molecule has 0 aliphatic heterocycles. The summed E-state index contributed by atoms with van der Waals surface area (Å²) in [6.45, 7) is 4.29. The van der Waals surface area contributed by atoms with E-state index < -0.39 is 0 Å². The molecule has 4 heteroatoms. The first-order valence-corrected chi connectivity index (χ1v) is 8.11. The van der Waals surface area contributed by atoms with Gasteiger partial charge in [0, 0.05) is 17.1 Å². The highest BCUT2D eigenvalue weighted by atomic mass is 35.5. The Hall–Kier alpha value is -0.730. The van der Waals surface area contributed by atoms with Gasteiger partial charge in [0.25, 0.3) is 0 Å². The summed E-state index contributed by atoms with van der Waals surface area (Å²) in [6.07, 6.45) is 0.968. The SMILES string of the molecule is CCC(NC(C)c1ccc(Cl)cc1)c1ccc(Cl)c(Cl)c1. The van der Waals surface area contributed by atoms with Crippen LogP contribution in [-0.4, -0.2) is 0 Å². The topological polar surface area (TPSA) is 12.0 Å². The van der Waals surface area contributed by atoms with Gasteiger partial charge in [-0.2, -0.15) is 0 Å². The molecule has 2 aromatic carbocycles. The maximum absolute atomic E-state index is 6.11. The van der Waals surface area contributed by atoms with Gasteiger partial charge in [-0.25, -0.2) is 0 Å². The summed E-state index contributed by atoms with van der Waals surface area (Å²) < 4.78 is 0. The van der Waals surface area contributed by atoms with Crippen LogP contribution in [0.5, 0.6) is 0 Å². The van der Waals surface area contributed by atoms with E-state index in [2.05, 4.69) is 19.2 Å². The highest BCUT2D eigenvalue weighted by molar-refractivity contribution is 6.42. The first-order chi connectivity index (χ1) is 10.0. The minimum absolute atomic E-state index is 0.224. The average molecular weight is 343 g/mol. The number of nitrogens with one attached hydrogen (secondary N) is 1. The van der Waals surface area contributed by atoms with E-state index in [0.29, 0.717) is 10.0 Å². The molecule has 1 nitrogen and oxygen atoms in total. The number of hydrogen-bond acceptors (Lipinski definition) is 1. The number of benzene rings is 2. The van der Waals surface area contributed by atoms with Crippen molar-refractivity contribution in [3.8, 4) is 0 Å². The van der Waals surface area contributed by atoms with E-state index in [9.17, 15) is 0 Å². The molecule has 2 rings (SSSR count). The molecule has 0 aliphatic carbocycles. The molecule has 0 amide bonds. The average Bonchev–Trinajstić information content (AvgIpc) is 2.48. The first kappa shape index (κ1) is 16.6. The van der Waals surface area contributed by atoms with Crippen molar-refractivity contribution < 1.29 is 0 Å². The highest BCUT2D eigenvalue weighted by Gasteiger charge is 2.14.